The van der Waals surface area contributed by atoms with Crippen LogP contribution in [-0.4, -0.2) is 22.8 Å². The second-order valence-electron chi connectivity index (χ2n) is 5.93. The number of carbonyl (C=O) groups excluding carboxylic acids is 2. The standard InChI is InChI=1S/C18H20ClN3O2/c1-10(2)20-17(23)14-6-5-7-15(21-14)18(24)22-16-12(4)8-11(3)9-13(16)19/h5-10H,1-4H3,(H,20,23)(H,22,24). The molecule has 5 nitrogen and oxygen atoms in total. The minimum absolute atomic E-state index is 0.00852. The number of nitrogens with one attached hydrogen (secondary N) is 2. The number of halogens is 1. The predicted octanol–water partition coefficient (Wildman–Crippen LogP) is 3.74. The Bertz CT molecular complexity index is 765. The molecule has 0 aliphatic rings. The number of anilines is 1. The molecule has 0 bridgehead atoms. The highest BCUT2D eigenvalue weighted by Gasteiger charge is 2.15. The van der Waals surface area contributed by atoms with Gasteiger partial charge in [-0.3, -0.25) is 9.59 Å². The third-order valence-electron chi connectivity index (χ3n) is 3.30. The van der Waals surface area contributed by atoms with Crippen molar-refractivity contribution in [3.63, 3.8) is 0 Å². The molecule has 1 aromatic carbocycles. The average molecular weight is 346 g/mol. The molecule has 0 saturated carbocycles. The fourth-order valence-corrected chi connectivity index (χ4v) is 2.64. The molecule has 0 radical (unpaired) electrons. The first-order valence-corrected chi connectivity index (χ1v) is 8.01. The Hall–Kier alpha value is -2.40. The van der Waals surface area contributed by atoms with Crippen LogP contribution in [0.25, 0.3) is 0 Å². The maximum absolute atomic E-state index is 12.4. The molecule has 0 spiro atoms. The molecule has 0 aliphatic heterocycles. The molecule has 1 heterocycles. The highest BCUT2D eigenvalue weighted by atomic mass is 35.5. The third kappa shape index (κ3) is 4.32. The van der Waals surface area contributed by atoms with Crippen molar-refractivity contribution in [3.8, 4) is 0 Å². The van der Waals surface area contributed by atoms with Crippen molar-refractivity contribution in [2.24, 2.45) is 0 Å². The van der Waals surface area contributed by atoms with Crippen LogP contribution < -0.4 is 10.6 Å². The van der Waals surface area contributed by atoms with E-state index in [9.17, 15) is 9.59 Å². The van der Waals surface area contributed by atoms with E-state index in [-0.39, 0.29) is 23.3 Å². The van der Waals surface area contributed by atoms with E-state index in [1.54, 1.807) is 24.3 Å². The van der Waals surface area contributed by atoms with Gasteiger partial charge in [0.15, 0.2) is 0 Å². The number of aryl methyl sites for hydroxylation is 2. The summed E-state index contributed by atoms with van der Waals surface area (Å²) in [7, 11) is 0. The molecule has 2 rings (SSSR count). The summed E-state index contributed by atoms with van der Waals surface area (Å²) in [5, 5.41) is 5.98. The van der Waals surface area contributed by atoms with Crippen LogP contribution in [0, 0.1) is 13.8 Å². The summed E-state index contributed by atoms with van der Waals surface area (Å²) in [5.41, 5.74) is 2.78. The number of hydrogen-bond donors (Lipinski definition) is 2. The van der Waals surface area contributed by atoms with Gasteiger partial charge >= 0.3 is 0 Å². The third-order valence-corrected chi connectivity index (χ3v) is 3.60. The molecule has 0 unspecified atom stereocenters. The highest BCUT2D eigenvalue weighted by Crippen LogP contribution is 2.27. The number of benzene rings is 1. The van der Waals surface area contributed by atoms with Crippen molar-refractivity contribution in [1.29, 1.82) is 0 Å². The molecule has 2 N–H and O–H groups in total. The zero-order chi connectivity index (χ0) is 17.9. The Morgan fingerprint density at radius 2 is 1.71 bits per heavy atom. The molecule has 1 aromatic heterocycles. The summed E-state index contributed by atoms with van der Waals surface area (Å²) < 4.78 is 0. The van der Waals surface area contributed by atoms with Crippen molar-refractivity contribution in [3.05, 3.63) is 57.9 Å². The second kappa shape index (κ2) is 7.45. The van der Waals surface area contributed by atoms with E-state index in [0.717, 1.165) is 11.1 Å². The number of carbonyl (C=O) groups is 2. The van der Waals surface area contributed by atoms with E-state index >= 15 is 0 Å². The summed E-state index contributed by atoms with van der Waals surface area (Å²) in [6.45, 7) is 7.52. The van der Waals surface area contributed by atoms with Gasteiger partial charge in [0, 0.05) is 6.04 Å². The fraction of sp³-hybridized carbons (Fsp3) is 0.278. The van der Waals surface area contributed by atoms with E-state index < -0.39 is 5.91 Å². The Morgan fingerprint density at radius 1 is 1.08 bits per heavy atom. The van der Waals surface area contributed by atoms with Crippen LogP contribution in [0.1, 0.15) is 46.0 Å². The van der Waals surface area contributed by atoms with Gasteiger partial charge in [0.1, 0.15) is 11.4 Å². The van der Waals surface area contributed by atoms with Crippen LogP contribution in [-0.2, 0) is 0 Å². The first kappa shape index (κ1) is 17.9. The zero-order valence-electron chi connectivity index (χ0n) is 14.1. The van der Waals surface area contributed by atoms with Gasteiger partial charge in [-0.1, -0.05) is 23.7 Å². The largest absolute Gasteiger partial charge is 0.349 e. The van der Waals surface area contributed by atoms with Gasteiger partial charge in [-0.25, -0.2) is 4.98 Å². The van der Waals surface area contributed by atoms with E-state index in [2.05, 4.69) is 15.6 Å². The van der Waals surface area contributed by atoms with Crippen LogP contribution in [0.3, 0.4) is 0 Å². The molecule has 126 valence electrons. The minimum Gasteiger partial charge on any atom is -0.349 e. The van der Waals surface area contributed by atoms with Gasteiger partial charge in [-0.15, -0.1) is 0 Å². The van der Waals surface area contributed by atoms with E-state index in [1.807, 2.05) is 33.8 Å². The summed E-state index contributed by atoms with van der Waals surface area (Å²) in [5.74, 6) is -0.729. The molecule has 2 amide bonds. The molecular formula is C18H20ClN3O2. The summed E-state index contributed by atoms with van der Waals surface area (Å²) in [6, 6.07) is 8.45. The molecule has 0 atom stereocenters. The molecule has 24 heavy (non-hydrogen) atoms. The fourth-order valence-electron chi connectivity index (χ4n) is 2.28. The van der Waals surface area contributed by atoms with Crippen LogP contribution in [0.4, 0.5) is 5.69 Å². The molecular weight excluding hydrogens is 326 g/mol. The van der Waals surface area contributed by atoms with E-state index in [4.69, 9.17) is 11.6 Å². The van der Waals surface area contributed by atoms with Crippen LogP contribution >= 0.6 is 11.6 Å². The van der Waals surface area contributed by atoms with E-state index in [0.29, 0.717) is 10.7 Å². The van der Waals surface area contributed by atoms with Gasteiger partial charge < -0.3 is 10.6 Å². The topological polar surface area (TPSA) is 71.1 Å². The van der Waals surface area contributed by atoms with Crippen molar-refractivity contribution in [2.75, 3.05) is 5.32 Å². The van der Waals surface area contributed by atoms with Crippen molar-refractivity contribution in [1.82, 2.24) is 10.3 Å². The second-order valence-corrected chi connectivity index (χ2v) is 6.34. The molecule has 0 fully saturated rings. The number of nitrogens with zero attached hydrogens (tertiary/aromatic N) is 1. The van der Waals surface area contributed by atoms with Crippen LogP contribution in [0.2, 0.25) is 5.02 Å². The predicted molar refractivity (Wildman–Crippen MR) is 95.7 cm³/mol. The highest BCUT2D eigenvalue weighted by molar-refractivity contribution is 6.34. The number of pyridine rings is 1. The van der Waals surface area contributed by atoms with Crippen molar-refractivity contribution in [2.45, 2.75) is 33.7 Å². The van der Waals surface area contributed by atoms with Gasteiger partial charge in [-0.05, 0) is 57.0 Å². The lowest BCUT2D eigenvalue weighted by Crippen LogP contribution is -2.31. The number of rotatable bonds is 4. The average Bonchev–Trinajstić information content (AvgIpc) is 2.50. The number of hydrogen-bond acceptors (Lipinski definition) is 3. The Labute approximate surface area is 146 Å². The first-order chi connectivity index (χ1) is 11.3. The lowest BCUT2D eigenvalue weighted by atomic mass is 10.1. The van der Waals surface area contributed by atoms with Crippen molar-refractivity contribution < 1.29 is 9.59 Å². The minimum atomic E-state index is -0.414. The maximum Gasteiger partial charge on any atom is 0.274 e. The SMILES string of the molecule is Cc1cc(C)c(NC(=O)c2cccc(C(=O)NC(C)C)n2)c(Cl)c1. The first-order valence-electron chi connectivity index (χ1n) is 7.64. The van der Waals surface area contributed by atoms with Crippen LogP contribution in [0.5, 0.6) is 0 Å². The Balaban J connectivity index is 2.24. The number of aromatic nitrogens is 1. The summed E-state index contributed by atoms with van der Waals surface area (Å²) in [4.78, 5) is 28.6. The van der Waals surface area contributed by atoms with Crippen LogP contribution in [0.15, 0.2) is 30.3 Å². The van der Waals surface area contributed by atoms with Crippen molar-refractivity contribution >= 4 is 29.1 Å². The number of amides is 2. The lowest BCUT2D eigenvalue weighted by Gasteiger charge is -2.12. The van der Waals surface area contributed by atoms with Gasteiger partial charge in [-0.2, -0.15) is 0 Å². The Morgan fingerprint density at radius 3 is 2.29 bits per heavy atom. The van der Waals surface area contributed by atoms with Gasteiger partial charge in [0.05, 0.1) is 10.7 Å². The van der Waals surface area contributed by atoms with Gasteiger partial charge in [0.2, 0.25) is 0 Å². The smallest absolute Gasteiger partial charge is 0.274 e. The quantitative estimate of drug-likeness (QED) is 0.886. The van der Waals surface area contributed by atoms with Gasteiger partial charge in [0.25, 0.3) is 11.8 Å². The summed E-state index contributed by atoms with van der Waals surface area (Å²) >= 11 is 6.21. The zero-order valence-corrected chi connectivity index (χ0v) is 14.9. The molecule has 0 aliphatic carbocycles. The Kier molecular flexibility index (Phi) is 5.57. The maximum atomic E-state index is 12.4. The molecule has 6 heteroatoms. The molecule has 2 aromatic rings. The molecule has 0 saturated heterocycles. The normalized spacial score (nSPS) is 10.6. The lowest BCUT2D eigenvalue weighted by molar-refractivity contribution is 0.0938. The monoisotopic (exact) mass is 345 g/mol. The van der Waals surface area contributed by atoms with E-state index in [1.165, 1.54) is 0 Å². The summed E-state index contributed by atoms with van der Waals surface area (Å²) in [6.07, 6.45) is 0.